The molecule has 0 bridgehead atoms. The molecule has 0 unspecified atom stereocenters. The van der Waals surface area contributed by atoms with Crippen LogP contribution in [-0.2, 0) is 20.4 Å². The molecule has 7 aromatic rings. The third-order valence-electron chi connectivity index (χ3n) is 8.74. The fraction of sp³-hybridized carbons (Fsp3) is 0.143. The zero-order valence-corrected chi connectivity index (χ0v) is 35.8. The Morgan fingerprint density at radius 1 is 0.436 bits per heavy atom. The van der Waals surface area contributed by atoms with E-state index in [0.717, 1.165) is 5.69 Å². The van der Waals surface area contributed by atoms with Gasteiger partial charge >= 0.3 is 0 Å². The molecule has 0 fully saturated rings. The normalized spacial score (nSPS) is 10.7. The summed E-state index contributed by atoms with van der Waals surface area (Å²) in [5.74, 6) is 0. The Hall–Kier alpha value is -4.22. The molecule has 0 amide bonds. The molecule has 0 saturated heterocycles. The van der Waals surface area contributed by atoms with Crippen LogP contribution in [0.5, 0.6) is 0 Å². The summed E-state index contributed by atoms with van der Waals surface area (Å²) in [5, 5.41) is 8.04. The second-order valence-corrected chi connectivity index (χ2v) is 18.9. The molecule has 284 valence electrons. The van der Waals surface area contributed by atoms with Gasteiger partial charge in [-0.3, -0.25) is 4.74 Å². The molecule has 0 aliphatic rings. The van der Waals surface area contributed by atoms with Crippen molar-refractivity contribution in [2.45, 2.75) is 6.42 Å². The summed E-state index contributed by atoms with van der Waals surface area (Å²) < 4.78 is 5.36. The molecule has 6 heteroatoms. The zero-order chi connectivity index (χ0) is 37.9. The van der Waals surface area contributed by atoms with Crippen molar-refractivity contribution in [3.8, 4) is 0 Å². The molecule has 0 heterocycles. The molecule has 55 heavy (non-hydrogen) atoms. The minimum atomic E-state index is -2.18. The molecule has 0 radical (unpaired) electrons. The fourth-order valence-electron chi connectivity index (χ4n) is 6.18. The van der Waals surface area contributed by atoms with Gasteiger partial charge in [0.2, 0.25) is 0 Å². The van der Waals surface area contributed by atoms with Gasteiger partial charge in [-0.1, -0.05) is 146 Å². The van der Waals surface area contributed by atoms with Crippen molar-refractivity contribution in [1.82, 2.24) is 9.80 Å². The average molecular weight is 852 g/mol. The van der Waals surface area contributed by atoms with E-state index in [1.54, 1.807) is 0 Å². The third-order valence-corrected chi connectivity index (χ3v) is 15.1. The molecule has 0 atom stereocenters. The van der Waals surface area contributed by atoms with Crippen LogP contribution in [0.25, 0.3) is 0 Å². The Morgan fingerprint density at radius 3 is 1.04 bits per heavy atom. The SMILES string of the molecule is CN(C)CCCN(C)C.[Pd].[c-]1ccccc1N=P(c1ccccc1)(c1ccccc1)c1ccccc1.c1ccc([PH+](c2ccccc2)c2ccccc2)cc1. The maximum atomic E-state index is 5.36. The van der Waals surface area contributed by atoms with E-state index >= 15 is 0 Å². The van der Waals surface area contributed by atoms with E-state index in [1.807, 2.05) is 24.3 Å². The van der Waals surface area contributed by atoms with Crippen molar-refractivity contribution in [3.05, 3.63) is 212 Å². The first-order chi connectivity index (χ1) is 26.5. The van der Waals surface area contributed by atoms with Crippen LogP contribution in [-0.4, -0.2) is 51.1 Å². The van der Waals surface area contributed by atoms with Crippen molar-refractivity contribution in [2.75, 3.05) is 41.3 Å². The van der Waals surface area contributed by atoms with E-state index in [9.17, 15) is 0 Å². The smallest absolute Gasteiger partial charge is 0.102 e. The number of hydrogen-bond acceptors (Lipinski definition) is 3. The maximum absolute atomic E-state index is 5.36. The van der Waals surface area contributed by atoms with Crippen molar-refractivity contribution in [1.29, 1.82) is 0 Å². The van der Waals surface area contributed by atoms with Crippen LogP contribution >= 0.6 is 15.0 Å². The Morgan fingerprint density at radius 2 is 0.745 bits per heavy atom. The Bertz CT molecular complexity index is 1880. The van der Waals surface area contributed by atoms with E-state index in [1.165, 1.54) is 51.3 Å². The number of benzene rings is 7. The number of rotatable bonds is 11. The summed E-state index contributed by atoms with van der Waals surface area (Å²) >= 11 is 0. The molecule has 0 aromatic heterocycles. The Labute approximate surface area is 345 Å². The molecule has 0 N–H and O–H groups in total. The second kappa shape index (κ2) is 23.6. The van der Waals surface area contributed by atoms with E-state index in [-0.39, 0.29) is 20.4 Å². The van der Waals surface area contributed by atoms with Crippen LogP contribution in [0.4, 0.5) is 5.69 Å². The summed E-state index contributed by atoms with van der Waals surface area (Å²) in [6.07, 6.45) is 1.26. The van der Waals surface area contributed by atoms with Crippen LogP contribution in [0.2, 0.25) is 0 Å². The van der Waals surface area contributed by atoms with Gasteiger partial charge in [-0.15, -0.1) is 6.07 Å². The first-order valence-electron chi connectivity index (χ1n) is 18.6. The predicted octanol–water partition coefficient (Wildman–Crippen LogP) is 8.97. The van der Waals surface area contributed by atoms with E-state index in [0.29, 0.717) is 0 Å². The van der Waals surface area contributed by atoms with Crippen LogP contribution in [0.3, 0.4) is 0 Å². The van der Waals surface area contributed by atoms with Crippen molar-refractivity contribution >= 4 is 52.5 Å². The van der Waals surface area contributed by atoms with Gasteiger partial charge in [0.05, 0.1) is 15.0 Å². The zero-order valence-electron chi connectivity index (χ0n) is 32.4. The molecule has 3 nitrogen and oxygen atoms in total. The summed E-state index contributed by atoms with van der Waals surface area (Å²) in [6, 6.07) is 75.7. The molecule has 0 aliphatic heterocycles. The third kappa shape index (κ3) is 13.2. The van der Waals surface area contributed by atoms with Crippen LogP contribution in [0.15, 0.2) is 211 Å². The van der Waals surface area contributed by atoms with E-state index < -0.39 is 15.0 Å². The quantitative estimate of drug-likeness (QED) is 0.0736. The standard InChI is InChI=1S/C24H19NP.C18H15P.C7H18N2.Pd/c1-5-13-21(14-6-1)25-26(22-15-7-2-8-16-22,23-17-9-3-10-18-23)24-19-11-4-12-20-24;1-4-10-16(11-5-1)19(17-12-6-2-7-13-17)18-14-8-3-9-15-18;1-8(2)6-5-7-9(3)4;/h1-13,15-20H;1-15H;5-7H2,1-4H3;/q-1;;;/p+1. The maximum Gasteiger partial charge on any atom is 0.102 e. The van der Waals surface area contributed by atoms with Crippen LogP contribution in [0.1, 0.15) is 6.42 Å². The minimum Gasteiger partial charge on any atom is -0.309 e. The Balaban J connectivity index is 0.000000204. The van der Waals surface area contributed by atoms with Gasteiger partial charge in [-0.2, -0.15) is 24.3 Å². The van der Waals surface area contributed by atoms with Gasteiger partial charge < -0.3 is 9.80 Å². The first kappa shape index (κ1) is 43.5. The number of nitrogens with zero attached hydrogens (tertiary/aromatic N) is 3. The van der Waals surface area contributed by atoms with Crippen molar-refractivity contribution < 1.29 is 20.4 Å². The summed E-state index contributed by atoms with van der Waals surface area (Å²) in [7, 11) is 5.37. The van der Waals surface area contributed by atoms with E-state index in [2.05, 4.69) is 226 Å². The predicted molar refractivity (Wildman–Crippen MR) is 241 cm³/mol. The van der Waals surface area contributed by atoms with Crippen LogP contribution < -0.4 is 31.8 Å². The van der Waals surface area contributed by atoms with Gasteiger partial charge in [0.15, 0.2) is 0 Å². The van der Waals surface area contributed by atoms with Gasteiger partial charge in [-0.25, -0.2) is 0 Å². The number of hydrogen-bond donors (Lipinski definition) is 0. The van der Waals surface area contributed by atoms with Gasteiger partial charge in [0, 0.05) is 36.3 Å². The molecule has 7 aromatic carbocycles. The molecule has 7 rings (SSSR count). The largest absolute Gasteiger partial charge is 0.309 e. The van der Waals surface area contributed by atoms with Crippen molar-refractivity contribution in [3.63, 3.8) is 0 Å². The minimum absolute atomic E-state index is 0. The molecular formula is C49H53N3P2Pd. The van der Waals surface area contributed by atoms with Gasteiger partial charge in [0.1, 0.15) is 15.9 Å². The summed E-state index contributed by atoms with van der Waals surface area (Å²) in [6.45, 7) is 2.39. The van der Waals surface area contributed by atoms with Gasteiger partial charge in [-0.05, 0) is 89.8 Å². The Kier molecular flexibility index (Phi) is 18.7. The fourth-order valence-corrected chi connectivity index (χ4v) is 12.3. The molecule has 0 spiro atoms. The average Bonchev–Trinajstić information content (AvgIpc) is 3.23. The molecule has 0 aliphatic carbocycles. The van der Waals surface area contributed by atoms with Crippen molar-refractivity contribution in [2.24, 2.45) is 4.74 Å². The topological polar surface area (TPSA) is 18.8 Å². The first-order valence-corrected chi connectivity index (χ1v) is 21.8. The van der Waals surface area contributed by atoms with Gasteiger partial charge in [0.25, 0.3) is 0 Å². The summed E-state index contributed by atoms with van der Waals surface area (Å²) in [4.78, 5) is 4.42. The summed E-state index contributed by atoms with van der Waals surface area (Å²) in [5.41, 5.74) is 0.886. The second-order valence-electron chi connectivity index (χ2n) is 13.4. The monoisotopic (exact) mass is 851 g/mol. The van der Waals surface area contributed by atoms with E-state index in [4.69, 9.17) is 4.74 Å². The molecule has 0 saturated carbocycles. The molecular weight excluding hydrogens is 799 g/mol. The van der Waals surface area contributed by atoms with Crippen LogP contribution in [0, 0.1) is 6.07 Å².